The highest BCUT2D eigenvalue weighted by Gasteiger charge is 2.30. The molecule has 4 aromatic rings. The molecule has 4 amide bonds. The van der Waals surface area contributed by atoms with Gasteiger partial charge in [0.15, 0.2) is 0 Å². The van der Waals surface area contributed by atoms with Gasteiger partial charge in [-0.15, -0.1) is 0 Å². The van der Waals surface area contributed by atoms with Crippen LogP contribution in [0.2, 0.25) is 20.1 Å². The summed E-state index contributed by atoms with van der Waals surface area (Å²) in [5.74, 6) is -1.35. The second-order valence-electron chi connectivity index (χ2n) is 14.0. The largest absolute Gasteiger partial charge is 0.416 e. The Labute approximate surface area is 364 Å². The van der Waals surface area contributed by atoms with Crippen molar-refractivity contribution in [3.05, 3.63) is 138 Å². The van der Waals surface area contributed by atoms with Gasteiger partial charge in [-0.05, 0) is 59.2 Å². The number of benzene rings is 4. The summed E-state index contributed by atoms with van der Waals surface area (Å²) < 4.78 is 76.2. The zero-order valence-corrected chi connectivity index (χ0v) is 35.1. The van der Waals surface area contributed by atoms with Gasteiger partial charge in [-0.1, -0.05) is 76.7 Å². The summed E-state index contributed by atoms with van der Waals surface area (Å²) >= 11 is 24.0. The van der Waals surface area contributed by atoms with Crippen LogP contribution in [0, 0.1) is 11.6 Å². The number of halogens is 9. The van der Waals surface area contributed by atoms with Crippen molar-refractivity contribution in [2.24, 2.45) is 0 Å². The van der Waals surface area contributed by atoms with E-state index in [4.69, 9.17) is 55.9 Å². The number of morpholine rings is 2. The van der Waals surface area contributed by atoms with Crippen molar-refractivity contribution in [1.29, 1.82) is 0 Å². The average Bonchev–Trinajstić information content (AvgIpc) is 3.21. The molecule has 2 saturated heterocycles. The van der Waals surface area contributed by atoms with Gasteiger partial charge in [0.1, 0.15) is 11.6 Å². The number of hydrogen-bond acceptors (Lipinski definition) is 6. The number of rotatable bonds is 12. The van der Waals surface area contributed by atoms with E-state index in [1.165, 1.54) is 18.2 Å². The van der Waals surface area contributed by atoms with Gasteiger partial charge < -0.3 is 30.7 Å². The molecule has 0 spiro atoms. The van der Waals surface area contributed by atoms with Crippen LogP contribution < -0.4 is 21.3 Å². The van der Waals surface area contributed by atoms with Crippen molar-refractivity contribution in [1.82, 2.24) is 31.1 Å². The van der Waals surface area contributed by atoms with Crippen LogP contribution in [-0.4, -0.2) is 86.6 Å². The minimum atomic E-state index is -4.42. The van der Waals surface area contributed by atoms with Crippen LogP contribution >= 0.6 is 46.4 Å². The van der Waals surface area contributed by atoms with Crippen molar-refractivity contribution in [2.45, 2.75) is 44.6 Å². The Morgan fingerprint density at radius 1 is 0.633 bits per heavy atom. The molecule has 19 heteroatoms. The van der Waals surface area contributed by atoms with Crippen LogP contribution in [-0.2, 0) is 41.8 Å². The van der Waals surface area contributed by atoms with E-state index in [0.717, 1.165) is 48.5 Å². The molecule has 4 N–H and O–H groups in total. The van der Waals surface area contributed by atoms with E-state index in [0.29, 0.717) is 71.6 Å². The molecule has 2 atom stereocenters. The normalized spacial score (nSPS) is 17.3. The Hall–Kier alpha value is -3.93. The first-order valence-corrected chi connectivity index (χ1v) is 20.3. The molecule has 6 rings (SSSR count). The molecular weight excluding hydrogens is 877 g/mol. The minimum Gasteiger partial charge on any atom is -0.374 e. The third-order valence-electron chi connectivity index (χ3n) is 9.37. The van der Waals surface area contributed by atoms with Crippen LogP contribution in [0.5, 0.6) is 0 Å². The van der Waals surface area contributed by atoms with Gasteiger partial charge in [0.2, 0.25) is 0 Å². The second-order valence-corrected chi connectivity index (χ2v) is 15.6. The lowest BCUT2D eigenvalue weighted by Gasteiger charge is -2.33. The molecule has 0 aliphatic carbocycles. The van der Waals surface area contributed by atoms with Crippen LogP contribution in [0.1, 0.15) is 27.8 Å². The van der Waals surface area contributed by atoms with Crippen LogP contribution in [0.15, 0.2) is 78.9 Å². The van der Waals surface area contributed by atoms with Gasteiger partial charge in [0.05, 0.1) is 51.1 Å². The van der Waals surface area contributed by atoms with Crippen molar-refractivity contribution >= 4 is 58.5 Å². The molecule has 2 aliphatic rings. The molecule has 0 radical (unpaired) electrons. The topological polar surface area (TPSA) is 107 Å². The van der Waals surface area contributed by atoms with E-state index in [9.17, 15) is 31.5 Å². The zero-order valence-electron chi connectivity index (χ0n) is 32.1. The molecule has 2 fully saturated rings. The Bertz CT molecular complexity index is 2070. The summed E-state index contributed by atoms with van der Waals surface area (Å²) in [6.07, 6.45) is -4.78. The smallest absolute Gasteiger partial charge is 0.374 e. The van der Waals surface area contributed by atoms with Crippen LogP contribution in [0.4, 0.5) is 31.5 Å². The molecule has 4 aromatic carbocycles. The summed E-state index contributed by atoms with van der Waals surface area (Å²) in [5.41, 5.74) is 1.91. The first kappa shape index (κ1) is 47.1. The SMILES string of the molecule is O=C(NCc1ccc(F)cc1F)NCC1CN(Cc2ccc(Cl)c(Cl)c2)CCO1.O=C(NCc1cccc(C(F)(F)F)c1)NCC1CN(Cc2ccc(Cl)c(Cl)c2)CCO1. The standard InChI is InChI=1S/C21H22Cl2F3N3O2.C20H21Cl2F2N3O2/c22-18-5-4-15(9-19(18)23)12-29-6-7-31-17(13-29)11-28-20(30)27-10-14-2-1-3-16(8-14)21(24,25)26;21-17-4-1-13(7-18(17)22)11-27-5-6-29-16(12-27)10-26-20(28)25-9-14-2-3-15(23)8-19(14)24/h1-5,8-9,17H,6-7,10-13H2,(H2,27,28,30);1-4,7-8,16H,5-6,9-12H2,(H2,25,26,28). The first-order valence-electron chi connectivity index (χ1n) is 18.8. The quantitative estimate of drug-likeness (QED) is 0.106. The summed E-state index contributed by atoms with van der Waals surface area (Å²) in [6, 6.07) is 18.2. The predicted octanol–water partition coefficient (Wildman–Crippen LogP) is 8.68. The number of urea groups is 2. The highest BCUT2D eigenvalue weighted by Crippen LogP contribution is 2.30. The molecule has 2 aliphatic heterocycles. The van der Waals surface area contributed by atoms with Gasteiger partial charge in [0, 0.05) is 77.1 Å². The number of ether oxygens (including phenoxy) is 2. The summed E-state index contributed by atoms with van der Waals surface area (Å²) in [5, 5.41) is 12.6. The van der Waals surface area contributed by atoms with Crippen molar-refractivity contribution in [2.75, 3.05) is 52.5 Å². The summed E-state index contributed by atoms with van der Waals surface area (Å²) in [6.45, 7) is 5.80. The van der Waals surface area contributed by atoms with Gasteiger partial charge in [0.25, 0.3) is 0 Å². The fourth-order valence-electron chi connectivity index (χ4n) is 6.31. The third-order valence-corrected chi connectivity index (χ3v) is 10.8. The Balaban J connectivity index is 0.000000228. The van der Waals surface area contributed by atoms with Crippen LogP contribution in [0.3, 0.4) is 0 Å². The number of carbonyl (C=O) groups is 2. The molecule has 60 heavy (non-hydrogen) atoms. The number of alkyl halides is 3. The van der Waals surface area contributed by atoms with Crippen molar-refractivity contribution in [3.63, 3.8) is 0 Å². The highest BCUT2D eigenvalue weighted by atomic mass is 35.5. The maximum absolute atomic E-state index is 13.6. The lowest BCUT2D eigenvalue weighted by atomic mass is 10.1. The number of amides is 4. The van der Waals surface area contributed by atoms with Gasteiger partial charge in [-0.25, -0.2) is 18.4 Å². The van der Waals surface area contributed by atoms with Gasteiger partial charge in [-0.3, -0.25) is 9.80 Å². The molecule has 10 nitrogen and oxygen atoms in total. The maximum Gasteiger partial charge on any atom is 0.416 e. The first-order chi connectivity index (χ1) is 28.6. The van der Waals surface area contributed by atoms with E-state index < -0.39 is 35.4 Å². The second kappa shape index (κ2) is 22.8. The van der Waals surface area contributed by atoms with Crippen molar-refractivity contribution in [3.8, 4) is 0 Å². The van der Waals surface area contributed by atoms with Crippen LogP contribution in [0.25, 0.3) is 0 Å². The fraction of sp³-hybridized carbons (Fsp3) is 0.366. The van der Waals surface area contributed by atoms with E-state index in [2.05, 4.69) is 31.1 Å². The summed E-state index contributed by atoms with van der Waals surface area (Å²) in [7, 11) is 0. The van der Waals surface area contributed by atoms with Crippen molar-refractivity contribution < 1.29 is 41.0 Å². The number of hydrogen-bond donors (Lipinski definition) is 4. The van der Waals surface area contributed by atoms with E-state index in [1.807, 2.05) is 24.3 Å². The molecule has 0 aromatic heterocycles. The average molecular weight is 921 g/mol. The van der Waals surface area contributed by atoms with Gasteiger partial charge >= 0.3 is 18.2 Å². The minimum absolute atomic E-state index is 0.00920. The Morgan fingerprint density at radius 3 is 1.67 bits per heavy atom. The molecule has 0 saturated carbocycles. The molecule has 2 unspecified atom stereocenters. The molecular formula is C41H43Cl4F5N6O4. The lowest BCUT2D eigenvalue weighted by molar-refractivity contribution is -0.137. The molecule has 2 heterocycles. The number of carbonyl (C=O) groups excluding carboxylic acids is 2. The monoisotopic (exact) mass is 918 g/mol. The number of nitrogens with zero attached hydrogens (tertiary/aromatic N) is 2. The van der Waals surface area contributed by atoms with E-state index in [-0.39, 0.29) is 37.4 Å². The Kier molecular flexibility index (Phi) is 17.9. The maximum atomic E-state index is 13.6. The molecule has 324 valence electrons. The zero-order chi connectivity index (χ0) is 43.2. The number of nitrogens with one attached hydrogen (secondary N) is 4. The Morgan fingerprint density at radius 2 is 1.17 bits per heavy atom. The lowest BCUT2D eigenvalue weighted by Crippen LogP contribution is -2.48. The predicted molar refractivity (Wildman–Crippen MR) is 221 cm³/mol. The van der Waals surface area contributed by atoms with E-state index >= 15 is 0 Å². The van der Waals surface area contributed by atoms with E-state index in [1.54, 1.807) is 12.1 Å². The molecule has 0 bridgehead atoms. The highest BCUT2D eigenvalue weighted by molar-refractivity contribution is 6.42. The van der Waals surface area contributed by atoms with Gasteiger partial charge in [-0.2, -0.15) is 13.2 Å². The third kappa shape index (κ3) is 15.5. The summed E-state index contributed by atoms with van der Waals surface area (Å²) in [4.78, 5) is 28.4. The fourth-order valence-corrected chi connectivity index (χ4v) is 6.95.